The standard InChI is InChI=1S/C20H26O2/c1-13-3-6-17-18(13,2)8-7-15-11-14-4-5-16(21)12-19(14)9-10-20(15,17)22-19/h3,7,11,16-17,21H,4-6,8-10,12H2,1-2H3/t16-,17-,18-,19-,20-/m1/s1. The Bertz CT molecular complexity index is 642. The van der Waals surface area contributed by atoms with E-state index in [0.29, 0.717) is 5.92 Å². The highest BCUT2D eigenvalue weighted by Gasteiger charge is 2.64. The Labute approximate surface area is 132 Å². The monoisotopic (exact) mass is 298 g/mol. The fraction of sp³-hybridized carbons (Fsp3) is 0.700. The first kappa shape index (κ1) is 13.6. The topological polar surface area (TPSA) is 29.5 Å². The number of hydrogen-bond donors (Lipinski definition) is 1. The Kier molecular flexibility index (Phi) is 2.44. The maximum atomic E-state index is 10.2. The molecule has 1 N–H and O–H groups in total. The van der Waals surface area contributed by atoms with Gasteiger partial charge in [-0.2, -0.15) is 0 Å². The van der Waals surface area contributed by atoms with Crippen LogP contribution in [0.3, 0.4) is 0 Å². The first-order valence-corrected chi connectivity index (χ1v) is 8.96. The average Bonchev–Trinajstić information content (AvgIpc) is 2.95. The van der Waals surface area contributed by atoms with Crippen molar-refractivity contribution >= 4 is 0 Å². The molecular weight excluding hydrogens is 272 g/mol. The zero-order valence-corrected chi connectivity index (χ0v) is 13.7. The summed E-state index contributed by atoms with van der Waals surface area (Å²) in [5.41, 5.74) is 4.50. The molecule has 1 saturated carbocycles. The zero-order chi connectivity index (χ0) is 15.2. The van der Waals surface area contributed by atoms with Gasteiger partial charge in [0.05, 0.1) is 17.3 Å². The van der Waals surface area contributed by atoms with Crippen molar-refractivity contribution < 1.29 is 9.84 Å². The lowest BCUT2D eigenvalue weighted by Crippen LogP contribution is -2.54. The summed E-state index contributed by atoms with van der Waals surface area (Å²) in [6.45, 7) is 4.73. The van der Waals surface area contributed by atoms with E-state index < -0.39 is 0 Å². The Hall–Kier alpha value is -0.860. The van der Waals surface area contributed by atoms with E-state index in [2.05, 4.69) is 32.1 Å². The second kappa shape index (κ2) is 3.96. The molecule has 2 heterocycles. The summed E-state index contributed by atoms with van der Waals surface area (Å²) in [6, 6.07) is 0. The van der Waals surface area contributed by atoms with E-state index in [-0.39, 0.29) is 22.7 Å². The van der Waals surface area contributed by atoms with Crippen LogP contribution in [0.1, 0.15) is 58.8 Å². The van der Waals surface area contributed by atoms with Crippen molar-refractivity contribution in [1.29, 1.82) is 0 Å². The highest BCUT2D eigenvalue weighted by molar-refractivity contribution is 5.49. The van der Waals surface area contributed by atoms with Crippen LogP contribution in [-0.2, 0) is 4.74 Å². The summed E-state index contributed by atoms with van der Waals surface area (Å²) >= 11 is 0. The number of ether oxygens (including phenoxy) is 1. The van der Waals surface area contributed by atoms with Gasteiger partial charge in [-0.1, -0.05) is 30.7 Å². The molecule has 118 valence electrons. The summed E-state index contributed by atoms with van der Waals surface area (Å²) in [5, 5.41) is 10.2. The molecule has 0 unspecified atom stereocenters. The average molecular weight is 298 g/mol. The van der Waals surface area contributed by atoms with Crippen LogP contribution in [0.25, 0.3) is 0 Å². The Morgan fingerprint density at radius 2 is 2.14 bits per heavy atom. The quantitative estimate of drug-likeness (QED) is 0.683. The van der Waals surface area contributed by atoms with Gasteiger partial charge in [-0.3, -0.25) is 0 Å². The van der Waals surface area contributed by atoms with Gasteiger partial charge in [0.25, 0.3) is 0 Å². The molecule has 22 heavy (non-hydrogen) atoms. The van der Waals surface area contributed by atoms with Crippen molar-refractivity contribution in [3.8, 4) is 0 Å². The van der Waals surface area contributed by atoms with E-state index >= 15 is 0 Å². The summed E-state index contributed by atoms with van der Waals surface area (Å²) in [6.07, 6.45) is 14.4. The van der Waals surface area contributed by atoms with Gasteiger partial charge in [-0.15, -0.1) is 0 Å². The highest BCUT2D eigenvalue weighted by Crippen LogP contribution is 2.66. The third-order valence-corrected chi connectivity index (χ3v) is 7.63. The van der Waals surface area contributed by atoms with Gasteiger partial charge in [0.15, 0.2) is 0 Å². The molecule has 1 saturated heterocycles. The fourth-order valence-corrected chi connectivity index (χ4v) is 6.16. The lowest BCUT2D eigenvalue weighted by Gasteiger charge is -2.53. The molecule has 2 nitrogen and oxygen atoms in total. The number of allylic oxidation sites excluding steroid dienone is 3. The number of fused-ring (bicyclic) bond motifs is 1. The molecule has 5 aliphatic rings. The van der Waals surface area contributed by atoms with Crippen molar-refractivity contribution in [2.75, 3.05) is 0 Å². The van der Waals surface area contributed by atoms with Crippen molar-refractivity contribution in [3.63, 3.8) is 0 Å². The molecule has 2 aliphatic heterocycles. The molecule has 5 atom stereocenters. The Morgan fingerprint density at radius 1 is 1.27 bits per heavy atom. The lowest BCUT2D eigenvalue weighted by molar-refractivity contribution is -0.141. The molecule has 2 spiro atoms. The number of rotatable bonds is 0. The van der Waals surface area contributed by atoms with Gasteiger partial charge in [0, 0.05) is 12.3 Å². The molecule has 0 aromatic heterocycles. The molecule has 2 bridgehead atoms. The minimum Gasteiger partial charge on any atom is -0.393 e. The van der Waals surface area contributed by atoms with Crippen LogP contribution in [0.2, 0.25) is 0 Å². The predicted octanol–water partition coefficient (Wildman–Crippen LogP) is 4.06. The van der Waals surface area contributed by atoms with Crippen LogP contribution < -0.4 is 0 Å². The molecule has 5 rings (SSSR count). The molecule has 0 amide bonds. The van der Waals surface area contributed by atoms with Gasteiger partial charge in [-0.05, 0) is 62.0 Å². The maximum Gasteiger partial charge on any atom is 0.0980 e. The van der Waals surface area contributed by atoms with Crippen LogP contribution in [-0.4, -0.2) is 22.4 Å². The summed E-state index contributed by atoms with van der Waals surface area (Å²) < 4.78 is 6.95. The van der Waals surface area contributed by atoms with Crippen molar-refractivity contribution in [2.24, 2.45) is 11.3 Å². The molecule has 0 aromatic carbocycles. The van der Waals surface area contributed by atoms with E-state index in [1.165, 1.54) is 11.1 Å². The Balaban J connectivity index is 1.65. The van der Waals surface area contributed by atoms with Crippen molar-refractivity contribution in [2.45, 2.75) is 76.1 Å². The Morgan fingerprint density at radius 3 is 3.00 bits per heavy atom. The summed E-state index contributed by atoms with van der Waals surface area (Å²) in [4.78, 5) is 0. The predicted molar refractivity (Wildman–Crippen MR) is 86.4 cm³/mol. The van der Waals surface area contributed by atoms with Gasteiger partial charge in [0.1, 0.15) is 0 Å². The van der Waals surface area contributed by atoms with Gasteiger partial charge < -0.3 is 9.84 Å². The van der Waals surface area contributed by atoms with Crippen LogP contribution in [0.4, 0.5) is 0 Å². The minimum absolute atomic E-state index is 0.0815. The first-order chi connectivity index (χ1) is 10.5. The minimum atomic E-state index is -0.184. The molecular formula is C20H26O2. The number of aliphatic hydroxyl groups is 1. The molecule has 2 heteroatoms. The molecule has 0 aromatic rings. The van der Waals surface area contributed by atoms with E-state index in [1.807, 2.05) is 0 Å². The maximum absolute atomic E-state index is 10.2. The molecule has 0 radical (unpaired) electrons. The first-order valence-electron chi connectivity index (χ1n) is 8.96. The number of hydrogen-bond acceptors (Lipinski definition) is 2. The van der Waals surface area contributed by atoms with Crippen LogP contribution in [0.15, 0.2) is 34.9 Å². The third kappa shape index (κ3) is 1.40. The van der Waals surface area contributed by atoms with Crippen LogP contribution in [0, 0.1) is 11.3 Å². The van der Waals surface area contributed by atoms with E-state index in [0.717, 1.165) is 44.9 Å². The zero-order valence-electron chi connectivity index (χ0n) is 13.7. The normalized spacial score (nSPS) is 52.2. The van der Waals surface area contributed by atoms with Crippen molar-refractivity contribution in [3.05, 3.63) is 34.9 Å². The highest BCUT2D eigenvalue weighted by atomic mass is 16.5. The summed E-state index contributed by atoms with van der Waals surface area (Å²) in [7, 11) is 0. The SMILES string of the molecule is CC1=CC[C@@H]2[C@]1(C)CC=C1C=C3CC[C@@H](O)C[C@]34CC[C@@]12O4. The molecule has 3 aliphatic carbocycles. The molecule has 2 fully saturated rings. The smallest absolute Gasteiger partial charge is 0.0980 e. The fourth-order valence-electron chi connectivity index (χ4n) is 6.16. The van der Waals surface area contributed by atoms with Crippen LogP contribution >= 0.6 is 0 Å². The van der Waals surface area contributed by atoms with Crippen molar-refractivity contribution in [1.82, 2.24) is 0 Å². The largest absolute Gasteiger partial charge is 0.393 e. The van der Waals surface area contributed by atoms with E-state index in [9.17, 15) is 5.11 Å². The summed E-state index contributed by atoms with van der Waals surface area (Å²) in [5.74, 6) is 0.580. The van der Waals surface area contributed by atoms with Gasteiger partial charge in [-0.25, -0.2) is 0 Å². The number of aliphatic hydroxyl groups excluding tert-OH is 1. The van der Waals surface area contributed by atoms with Gasteiger partial charge >= 0.3 is 0 Å². The second-order valence-corrected chi connectivity index (χ2v) is 8.51. The van der Waals surface area contributed by atoms with E-state index in [1.54, 1.807) is 5.57 Å². The van der Waals surface area contributed by atoms with E-state index in [4.69, 9.17) is 4.74 Å². The van der Waals surface area contributed by atoms with Gasteiger partial charge in [0.2, 0.25) is 0 Å². The lowest BCUT2D eigenvalue weighted by atomic mass is 9.59. The van der Waals surface area contributed by atoms with Crippen LogP contribution in [0.5, 0.6) is 0 Å². The third-order valence-electron chi connectivity index (χ3n) is 7.63. The second-order valence-electron chi connectivity index (χ2n) is 8.51.